The smallest absolute Gasteiger partial charge is 0.262 e. The van der Waals surface area contributed by atoms with Crippen LogP contribution in [0, 0.1) is 0 Å². The highest BCUT2D eigenvalue weighted by atomic mass is 16.7. The molecule has 0 atom stereocenters. The van der Waals surface area contributed by atoms with Crippen LogP contribution in [-0.2, 0) is 14.3 Å². The fraction of sp³-hybridized carbons (Fsp3) is 0.438. The van der Waals surface area contributed by atoms with Crippen molar-refractivity contribution in [3.05, 3.63) is 35.4 Å². The van der Waals surface area contributed by atoms with Gasteiger partial charge in [0, 0.05) is 13.0 Å². The molecule has 1 N–H and O–H groups in total. The molecule has 1 saturated heterocycles. The number of hydrogen-bond acceptors (Lipinski definition) is 5. The van der Waals surface area contributed by atoms with Crippen LogP contribution in [0.2, 0.25) is 0 Å². The maximum atomic E-state index is 12.1. The standard InChI is InChI=1S/C16H18N2O5/c19-13(17-7-6-14-22-8-3-9-23-14)10-18-15(20)11-4-1-2-5-12(11)16(18)21/h1-2,4-5,14H,3,6-10H2,(H,17,19). The lowest BCUT2D eigenvalue weighted by molar-refractivity contribution is -0.180. The lowest BCUT2D eigenvalue weighted by atomic mass is 10.1. The van der Waals surface area contributed by atoms with E-state index >= 15 is 0 Å². The second-order valence-electron chi connectivity index (χ2n) is 5.41. The molecule has 2 aliphatic heterocycles. The predicted octanol–water partition coefficient (Wildman–Crippen LogP) is 0.552. The molecule has 1 aromatic carbocycles. The number of nitrogens with one attached hydrogen (secondary N) is 1. The Balaban J connectivity index is 1.49. The second-order valence-corrected chi connectivity index (χ2v) is 5.41. The summed E-state index contributed by atoms with van der Waals surface area (Å²) in [6, 6.07) is 6.56. The molecule has 0 radical (unpaired) electrons. The SMILES string of the molecule is O=C(CN1C(=O)c2ccccc2C1=O)NCCC1OCCCO1. The summed E-state index contributed by atoms with van der Waals surface area (Å²) in [5, 5.41) is 2.68. The van der Waals surface area contributed by atoms with Crippen LogP contribution in [0.1, 0.15) is 33.6 Å². The maximum Gasteiger partial charge on any atom is 0.262 e. The van der Waals surface area contributed by atoms with Crippen LogP contribution in [0.25, 0.3) is 0 Å². The van der Waals surface area contributed by atoms with Gasteiger partial charge in [-0.1, -0.05) is 12.1 Å². The number of hydrogen-bond donors (Lipinski definition) is 1. The Morgan fingerprint density at radius 3 is 2.35 bits per heavy atom. The van der Waals surface area contributed by atoms with E-state index in [2.05, 4.69) is 5.32 Å². The number of benzene rings is 1. The van der Waals surface area contributed by atoms with Gasteiger partial charge in [0.15, 0.2) is 6.29 Å². The summed E-state index contributed by atoms with van der Waals surface area (Å²) in [6.45, 7) is 1.41. The van der Waals surface area contributed by atoms with E-state index in [1.54, 1.807) is 24.3 Å². The summed E-state index contributed by atoms with van der Waals surface area (Å²) in [5.41, 5.74) is 0.684. The first kappa shape index (κ1) is 15.6. The third kappa shape index (κ3) is 3.40. The largest absolute Gasteiger partial charge is 0.354 e. The lowest BCUT2D eigenvalue weighted by Gasteiger charge is -2.23. The third-order valence-corrected chi connectivity index (χ3v) is 3.78. The molecule has 2 aliphatic rings. The molecule has 7 heteroatoms. The van der Waals surface area contributed by atoms with Crippen molar-refractivity contribution in [3.63, 3.8) is 0 Å². The van der Waals surface area contributed by atoms with Crippen LogP contribution in [0.5, 0.6) is 0 Å². The van der Waals surface area contributed by atoms with Gasteiger partial charge in [-0.15, -0.1) is 0 Å². The first-order valence-corrected chi connectivity index (χ1v) is 7.62. The monoisotopic (exact) mass is 318 g/mol. The first-order chi connectivity index (χ1) is 11.2. The number of rotatable bonds is 5. The fourth-order valence-corrected chi connectivity index (χ4v) is 2.61. The summed E-state index contributed by atoms with van der Waals surface area (Å²) in [5.74, 6) is -1.24. The zero-order valence-electron chi connectivity index (χ0n) is 12.6. The van der Waals surface area contributed by atoms with Crippen LogP contribution in [0.4, 0.5) is 0 Å². The van der Waals surface area contributed by atoms with Crippen LogP contribution in [0.15, 0.2) is 24.3 Å². The summed E-state index contributed by atoms with van der Waals surface area (Å²) in [7, 11) is 0. The van der Waals surface area contributed by atoms with Gasteiger partial charge in [-0.05, 0) is 18.6 Å². The number of nitrogens with zero attached hydrogens (tertiary/aromatic N) is 1. The zero-order chi connectivity index (χ0) is 16.2. The van der Waals surface area contributed by atoms with Gasteiger partial charge in [0.25, 0.3) is 11.8 Å². The van der Waals surface area contributed by atoms with Gasteiger partial charge in [-0.2, -0.15) is 0 Å². The topological polar surface area (TPSA) is 84.9 Å². The molecule has 2 heterocycles. The van der Waals surface area contributed by atoms with Crippen molar-refractivity contribution >= 4 is 17.7 Å². The summed E-state index contributed by atoms with van der Waals surface area (Å²) in [4.78, 5) is 37.2. The van der Waals surface area contributed by atoms with Crippen LogP contribution in [-0.4, -0.2) is 55.2 Å². The fourth-order valence-electron chi connectivity index (χ4n) is 2.61. The second kappa shape index (κ2) is 6.89. The molecule has 3 amide bonds. The Morgan fingerprint density at radius 1 is 1.13 bits per heavy atom. The zero-order valence-corrected chi connectivity index (χ0v) is 12.6. The minimum absolute atomic E-state index is 0.279. The minimum Gasteiger partial charge on any atom is -0.354 e. The van der Waals surface area contributed by atoms with E-state index in [0.29, 0.717) is 37.3 Å². The van der Waals surface area contributed by atoms with Crippen LogP contribution >= 0.6 is 0 Å². The van der Waals surface area contributed by atoms with Crippen LogP contribution in [0.3, 0.4) is 0 Å². The molecule has 1 fully saturated rings. The molecule has 0 aliphatic carbocycles. The predicted molar refractivity (Wildman–Crippen MR) is 79.7 cm³/mol. The number of fused-ring (bicyclic) bond motifs is 1. The Bertz CT molecular complexity index is 590. The highest BCUT2D eigenvalue weighted by Gasteiger charge is 2.36. The van der Waals surface area contributed by atoms with E-state index in [4.69, 9.17) is 9.47 Å². The van der Waals surface area contributed by atoms with Gasteiger partial charge in [0.2, 0.25) is 5.91 Å². The Hall–Kier alpha value is -2.25. The van der Waals surface area contributed by atoms with Crippen molar-refractivity contribution in [3.8, 4) is 0 Å². The average molecular weight is 318 g/mol. The Morgan fingerprint density at radius 2 is 1.74 bits per heavy atom. The molecule has 0 unspecified atom stereocenters. The molecular formula is C16H18N2O5. The highest BCUT2D eigenvalue weighted by Crippen LogP contribution is 2.21. The number of carbonyl (C=O) groups is 3. The minimum atomic E-state index is -0.431. The van der Waals surface area contributed by atoms with Gasteiger partial charge in [-0.25, -0.2) is 0 Å². The quantitative estimate of drug-likeness (QED) is 0.802. The van der Waals surface area contributed by atoms with E-state index in [-0.39, 0.29) is 18.7 Å². The molecule has 0 aromatic heterocycles. The molecule has 7 nitrogen and oxygen atoms in total. The summed E-state index contributed by atoms with van der Waals surface area (Å²) >= 11 is 0. The molecule has 1 aromatic rings. The number of ether oxygens (including phenoxy) is 2. The molecule has 122 valence electrons. The number of imide groups is 1. The molecule has 3 rings (SSSR count). The molecule has 0 saturated carbocycles. The van der Waals surface area contributed by atoms with Crippen molar-refractivity contribution in [1.82, 2.24) is 10.2 Å². The van der Waals surface area contributed by atoms with Crippen molar-refractivity contribution < 1.29 is 23.9 Å². The van der Waals surface area contributed by atoms with Crippen LogP contribution < -0.4 is 5.32 Å². The molecule has 0 bridgehead atoms. The molecular weight excluding hydrogens is 300 g/mol. The van der Waals surface area contributed by atoms with E-state index in [1.165, 1.54) is 0 Å². The van der Waals surface area contributed by atoms with Gasteiger partial charge in [0.05, 0.1) is 24.3 Å². The van der Waals surface area contributed by atoms with E-state index in [1.807, 2.05) is 0 Å². The first-order valence-electron chi connectivity index (χ1n) is 7.62. The van der Waals surface area contributed by atoms with Gasteiger partial charge >= 0.3 is 0 Å². The van der Waals surface area contributed by atoms with Crippen molar-refractivity contribution in [2.75, 3.05) is 26.3 Å². The Kier molecular flexibility index (Phi) is 4.68. The van der Waals surface area contributed by atoms with Gasteiger partial charge in [-0.3, -0.25) is 19.3 Å². The van der Waals surface area contributed by atoms with Gasteiger partial charge < -0.3 is 14.8 Å². The lowest BCUT2D eigenvalue weighted by Crippen LogP contribution is -2.41. The van der Waals surface area contributed by atoms with Crippen molar-refractivity contribution in [1.29, 1.82) is 0 Å². The normalized spacial score (nSPS) is 18.2. The number of carbonyl (C=O) groups excluding carboxylic acids is 3. The van der Waals surface area contributed by atoms with Gasteiger partial charge in [0.1, 0.15) is 6.54 Å². The maximum absolute atomic E-state index is 12.1. The molecule has 0 spiro atoms. The van der Waals surface area contributed by atoms with E-state index < -0.39 is 11.8 Å². The van der Waals surface area contributed by atoms with Crippen molar-refractivity contribution in [2.45, 2.75) is 19.1 Å². The Labute approximate surface area is 133 Å². The van der Waals surface area contributed by atoms with E-state index in [9.17, 15) is 14.4 Å². The third-order valence-electron chi connectivity index (χ3n) is 3.78. The summed E-state index contributed by atoms with van der Waals surface area (Å²) in [6.07, 6.45) is 1.11. The molecule has 23 heavy (non-hydrogen) atoms. The summed E-state index contributed by atoms with van der Waals surface area (Å²) < 4.78 is 10.8. The van der Waals surface area contributed by atoms with Crippen molar-refractivity contribution in [2.24, 2.45) is 0 Å². The number of amides is 3. The van der Waals surface area contributed by atoms with E-state index in [0.717, 1.165) is 11.3 Å². The average Bonchev–Trinajstić information content (AvgIpc) is 2.81. The highest BCUT2D eigenvalue weighted by molar-refractivity contribution is 6.22.